The summed E-state index contributed by atoms with van der Waals surface area (Å²) < 4.78 is 13.7. The molecule has 2 heterocycles. The van der Waals surface area contributed by atoms with E-state index in [4.69, 9.17) is 0 Å². The molecule has 0 amide bonds. The predicted molar refractivity (Wildman–Crippen MR) is 92.6 cm³/mol. The Morgan fingerprint density at radius 2 is 1.96 bits per heavy atom. The van der Waals surface area contributed by atoms with Crippen LogP contribution in [-0.2, 0) is 6.42 Å². The first kappa shape index (κ1) is 15.5. The Morgan fingerprint density at radius 3 is 2.79 bits per heavy atom. The lowest BCUT2D eigenvalue weighted by molar-refractivity contribution is 0.210. The summed E-state index contributed by atoms with van der Waals surface area (Å²) in [6, 6.07) is 9.71. The highest BCUT2D eigenvalue weighted by Gasteiger charge is 2.29. The van der Waals surface area contributed by atoms with Gasteiger partial charge in [0.05, 0.1) is 5.69 Å². The highest BCUT2D eigenvalue weighted by Crippen LogP contribution is 2.36. The molecule has 0 unspecified atom stereocenters. The van der Waals surface area contributed by atoms with Crippen LogP contribution in [0.4, 0.5) is 10.2 Å². The molecule has 126 valence electrons. The van der Waals surface area contributed by atoms with E-state index in [0.717, 1.165) is 57.0 Å². The van der Waals surface area contributed by atoms with Gasteiger partial charge in [0.15, 0.2) is 5.82 Å². The second-order valence-corrected chi connectivity index (χ2v) is 6.81. The van der Waals surface area contributed by atoms with Crippen LogP contribution in [0.2, 0.25) is 0 Å². The van der Waals surface area contributed by atoms with E-state index in [1.165, 1.54) is 11.1 Å². The summed E-state index contributed by atoms with van der Waals surface area (Å²) in [4.78, 5) is 4.83. The van der Waals surface area contributed by atoms with Crippen LogP contribution in [0.5, 0.6) is 0 Å². The molecule has 1 aliphatic heterocycles. The van der Waals surface area contributed by atoms with E-state index < -0.39 is 0 Å². The number of hydrogen-bond donors (Lipinski definition) is 0. The number of fused-ring (bicyclic) bond motifs is 1. The number of anilines is 1. The van der Waals surface area contributed by atoms with Gasteiger partial charge in [-0.3, -0.25) is 4.90 Å². The maximum Gasteiger partial charge on any atom is 0.151 e. The van der Waals surface area contributed by atoms with Crippen molar-refractivity contribution in [2.24, 2.45) is 0 Å². The predicted octanol–water partition coefficient (Wildman–Crippen LogP) is 3.12. The molecule has 4 rings (SSSR count). The molecule has 4 nitrogen and oxygen atoms in total. The zero-order valence-corrected chi connectivity index (χ0v) is 14.1. The molecule has 1 atom stereocenters. The van der Waals surface area contributed by atoms with Crippen LogP contribution in [0.15, 0.2) is 30.3 Å². The molecule has 1 aromatic heterocycles. The van der Waals surface area contributed by atoms with E-state index in [1.54, 1.807) is 12.1 Å². The van der Waals surface area contributed by atoms with Crippen molar-refractivity contribution in [1.29, 1.82) is 0 Å². The fourth-order valence-corrected chi connectivity index (χ4v) is 3.97. The normalized spacial score (nSPS) is 21.6. The quantitative estimate of drug-likeness (QED) is 0.849. The van der Waals surface area contributed by atoms with Crippen molar-refractivity contribution in [3.63, 3.8) is 0 Å². The van der Waals surface area contributed by atoms with Gasteiger partial charge in [-0.15, -0.1) is 5.10 Å². The van der Waals surface area contributed by atoms with Gasteiger partial charge in [-0.05, 0) is 61.6 Å². The zero-order chi connectivity index (χ0) is 16.5. The largest absolute Gasteiger partial charge is 0.354 e. The number of rotatable bonds is 2. The second-order valence-electron chi connectivity index (χ2n) is 6.81. The molecule has 5 heteroatoms. The van der Waals surface area contributed by atoms with E-state index in [-0.39, 0.29) is 5.82 Å². The molecule has 1 fully saturated rings. The summed E-state index contributed by atoms with van der Waals surface area (Å²) in [6.07, 6.45) is 3.25. The molecule has 24 heavy (non-hydrogen) atoms. The summed E-state index contributed by atoms with van der Waals surface area (Å²) in [5, 5.41) is 8.50. The first-order chi connectivity index (χ1) is 11.7. The average Bonchev–Trinajstić information content (AvgIpc) is 2.84. The summed E-state index contributed by atoms with van der Waals surface area (Å²) >= 11 is 0. The number of aromatic nitrogens is 2. The SMILES string of the molecule is Cc1ccc(N2CCCN([C@H]3CCc4ccc(F)cc43)CC2)nn1. The molecule has 0 saturated carbocycles. The van der Waals surface area contributed by atoms with E-state index in [0.29, 0.717) is 6.04 Å². The second kappa shape index (κ2) is 6.48. The Labute approximate surface area is 142 Å². The molecule has 2 aliphatic rings. The van der Waals surface area contributed by atoms with Crippen LogP contribution in [0.3, 0.4) is 0 Å². The van der Waals surface area contributed by atoms with Gasteiger partial charge in [-0.25, -0.2) is 4.39 Å². The monoisotopic (exact) mass is 326 g/mol. The molecule has 0 N–H and O–H groups in total. The van der Waals surface area contributed by atoms with Gasteiger partial charge >= 0.3 is 0 Å². The first-order valence-corrected chi connectivity index (χ1v) is 8.78. The Bertz CT molecular complexity index is 716. The van der Waals surface area contributed by atoms with Crippen LogP contribution in [0.1, 0.15) is 35.7 Å². The van der Waals surface area contributed by atoms with E-state index in [1.807, 2.05) is 19.1 Å². The maximum atomic E-state index is 13.7. The third-order valence-corrected chi connectivity index (χ3v) is 5.23. The van der Waals surface area contributed by atoms with E-state index >= 15 is 0 Å². The number of halogens is 1. The van der Waals surface area contributed by atoms with Gasteiger partial charge in [0.25, 0.3) is 0 Å². The van der Waals surface area contributed by atoms with Gasteiger partial charge in [0.2, 0.25) is 0 Å². The fraction of sp³-hybridized carbons (Fsp3) is 0.474. The zero-order valence-electron chi connectivity index (χ0n) is 14.1. The molecule has 0 bridgehead atoms. The van der Waals surface area contributed by atoms with Crippen molar-refractivity contribution in [3.05, 3.63) is 53.0 Å². The average molecular weight is 326 g/mol. The number of hydrogen-bond acceptors (Lipinski definition) is 4. The standard InChI is InChI=1S/C19H23FN4/c1-14-3-8-19(22-21-14)24-10-2-9-23(11-12-24)18-7-5-15-4-6-16(20)13-17(15)18/h3-4,6,8,13,18H,2,5,7,9-12H2,1H3/t18-/m0/s1. The molecule has 0 radical (unpaired) electrons. The van der Waals surface area contributed by atoms with Crippen molar-refractivity contribution < 1.29 is 4.39 Å². The van der Waals surface area contributed by atoms with E-state index in [2.05, 4.69) is 26.1 Å². The summed E-state index contributed by atoms with van der Waals surface area (Å²) in [7, 11) is 0. The topological polar surface area (TPSA) is 32.3 Å². The lowest BCUT2D eigenvalue weighted by atomic mass is 10.1. The van der Waals surface area contributed by atoms with Gasteiger partial charge in [0, 0.05) is 32.2 Å². The van der Waals surface area contributed by atoms with Crippen LogP contribution >= 0.6 is 0 Å². The lowest BCUT2D eigenvalue weighted by Crippen LogP contribution is -2.33. The molecular formula is C19H23FN4. The van der Waals surface area contributed by atoms with Gasteiger partial charge in [-0.2, -0.15) is 5.10 Å². The Hall–Kier alpha value is -2.01. The Morgan fingerprint density at radius 1 is 1.04 bits per heavy atom. The highest BCUT2D eigenvalue weighted by atomic mass is 19.1. The smallest absolute Gasteiger partial charge is 0.151 e. The molecule has 1 aliphatic carbocycles. The minimum absolute atomic E-state index is 0.118. The van der Waals surface area contributed by atoms with Crippen LogP contribution in [0.25, 0.3) is 0 Å². The maximum absolute atomic E-state index is 13.7. The summed E-state index contributed by atoms with van der Waals surface area (Å²) in [5.74, 6) is 0.840. The van der Waals surface area contributed by atoms with Crippen molar-refractivity contribution in [1.82, 2.24) is 15.1 Å². The van der Waals surface area contributed by atoms with Gasteiger partial charge < -0.3 is 4.90 Å². The molecular weight excluding hydrogens is 303 g/mol. The third kappa shape index (κ3) is 3.00. The van der Waals surface area contributed by atoms with Crippen molar-refractivity contribution in [3.8, 4) is 0 Å². The van der Waals surface area contributed by atoms with Crippen LogP contribution < -0.4 is 4.90 Å². The summed E-state index contributed by atoms with van der Waals surface area (Å²) in [6.45, 7) is 5.93. The molecule has 0 spiro atoms. The minimum atomic E-state index is -0.118. The first-order valence-electron chi connectivity index (χ1n) is 8.78. The number of aryl methyl sites for hydroxylation is 2. The van der Waals surface area contributed by atoms with Gasteiger partial charge in [-0.1, -0.05) is 6.07 Å². The number of nitrogens with zero attached hydrogens (tertiary/aromatic N) is 4. The lowest BCUT2D eigenvalue weighted by Gasteiger charge is -2.28. The fourth-order valence-electron chi connectivity index (χ4n) is 3.97. The van der Waals surface area contributed by atoms with Crippen molar-refractivity contribution in [2.45, 2.75) is 32.2 Å². The third-order valence-electron chi connectivity index (χ3n) is 5.23. The van der Waals surface area contributed by atoms with Gasteiger partial charge in [0.1, 0.15) is 5.82 Å². The Balaban J connectivity index is 1.48. The summed E-state index contributed by atoms with van der Waals surface area (Å²) in [5.41, 5.74) is 3.45. The van der Waals surface area contributed by atoms with Crippen molar-refractivity contribution in [2.75, 3.05) is 31.1 Å². The highest BCUT2D eigenvalue weighted by molar-refractivity contribution is 5.38. The molecule has 1 saturated heterocycles. The van der Waals surface area contributed by atoms with Crippen LogP contribution in [-0.4, -0.2) is 41.3 Å². The van der Waals surface area contributed by atoms with E-state index in [9.17, 15) is 4.39 Å². The number of benzene rings is 1. The van der Waals surface area contributed by atoms with Crippen molar-refractivity contribution >= 4 is 5.82 Å². The van der Waals surface area contributed by atoms with Crippen LogP contribution in [0, 0.1) is 12.7 Å². The molecule has 2 aromatic rings. The molecule has 1 aromatic carbocycles. The Kier molecular flexibility index (Phi) is 4.19. The minimum Gasteiger partial charge on any atom is -0.354 e.